The van der Waals surface area contributed by atoms with Crippen LogP contribution in [0.25, 0.3) is 0 Å². The van der Waals surface area contributed by atoms with Crippen LogP contribution in [0.5, 0.6) is 0 Å². The third-order valence-electron chi connectivity index (χ3n) is 3.53. The first-order valence-corrected chi connectivity index (χ1v) is 7.13. The molecule has 3 rings (SSSR count). The van der Waals surface area contributed by atoms with Crippen molar-refractivity contribution in [1.82, 2.24) is 4.90 Å². The van der Waals surface area contributed by atoms with Crippen LogP contribution in [0, 0.1) is 0 Å². The van der Waals surface area contributed by atoms with Crippen molar-refractivity contribution in [2.45, 2.75) is 13.1 Å². The average molecular weight is 302 g/mol. The summed E-state index contributed by atoms with van der Waals surface area (Å²) in [6, 6.07) is 13.1. The van der Waals surface area contributed by atoms with Gasteiger partial charge in [-0.15, -0.1) is 0 Å². The van der Waals surface area contributed by atoms with Gasteiger partial charge in [-0.3, -0.25) is 9.69 Å². The zero-order valence-electron chi connectivity index (χ0n) is 11.5. The van der Waals surface area contributed by atoms with E-state index in [0.29, 0.717) is 17.3 Å². The summed E-state index contributed by atoms with van der Waals surface area (Å²) < 4.78 is 0. The van der Waals surface area contributed by atoms with E-state index in [9.17, 15) is 4.79 Å². The summed E-state index contributed by atoms with van der Waals surface area (Å²) in [5.41, 5.74) is 9.61. The standard InChI is InChI=1S/C16H16ClN3O/c17-14-3-1-2-4-15(14)19-16(21)10-20-8-11-5-6-13(18)7-12(11)9-20/h1-7H,8-10,18H2,(H,19,21). The molecule has 3 N–H and O–H groups in total. The van der Waals surface area contributed by atoms with Crippen LogP contribution in [-0.4, -0.2) is 17.4 Å². The summed E-state index contributed by atoms with van der Waals surface area (Å²) in [4.78, 5) is 14.2. The van der Waals surface area contributed by atoms with Crippen molar-refractivity contribution in [1.29, 1.82) is 0 Å². The third kappa shape index (κ3) is 3.17. The van der Waals surface area contributed by atoms with E-state index in [4.69, 9.17) is 17.3 Å². The summed E-state index contributed by atoms with van der Waals surface area (Å²) in [6.45, 7) is 1.85. The Hall–Kier alpha value is -2.04. The number of halogens is 1. The minimum absolute atomic E-state index is 0.0659. The Balaban J connectivity index is 1.61. The molecule has 0 bridgehead atoms. The first-order valence-electron chi connectivity index (χ1n) is 6.76. The highest BCUT2D eigenvalue weighted by Gasteiger charge is 2.21. The van der Waals surface area contributed by atoms with Crippen molar-refractivity contribution in [2.75, 3.05) is 17.6 Å². The van der Waals surface area contributed by atoms with Crippen LogP contribution >= 0.6 is 11.6 Å². The van der Waals surface area contributed by atoms with Crippen molar-refractivity contribution in [3.8, 4) is 0 Å². The summed E-state index contributed by atoms with van der Waals surface area (Å²) >= 11 is 6.03. The molecule has 2 aromatic carbocycles. The molecular formula is C16H16ClN3O. The summed E-state index contributed by atoms with van der Waals surface area (Å²) in [6.07, 6.45) is 0. The second-order valence-electron chi connectivity index (χ2n) is 5.20. The lowest BCUT2D eigenvalue weighted by Gasteiger charge is -2.14. The third-order valence-corrected chi connectivity index (χ3v) is 3.86. The van der Waals surface area contributed by atoms with Crippen LogP contribution in [-0.2, 0) is 17.9 Å². The van der Waals surface area contributed by atoms with Gasteiger partial charge in [-0.05, 0) is 35.4 Å². The number of para-hydroxylation sites is 1. The zero-order valence-corrected chi connectivity index (χ0v) is 12.2. The Morgan fingerprint density at radius 1 is 1.19 bits per heavy atom. The van der Waals surface area contributed by atoms with E-state index in [1.54, 1.807) is 12.1 Å². The molecule has 21 heavy (non-hydrogen) atoms. The first kappa shape index (κ1) is 13.9. The van der Waals surface area contributed by atoms with E-state index < -0.39 is 0 Å². The van der Waals surface area contributed by atoms with Crippen LogP contribution in [0.15, 0.2) is 42.5 Å². The van der Waals surface area contributed by atoms with E-state index in [1.165, 1.54) is 11.1 Å². The smallest absolute Gasteiger partial charge is 0.238 e. The van der Waals surface area contributed by atoms with E-state index in [2.05, 4.69) is 10.2 Å². The maximum atomic E-state index is 12.1. The molecule has 108 valence electrons. The Bertz CT molecular complexity index is 687. The van der Waals surface area contributed by atoms with Gasteiger partial charge in [0.2, 0.25) is 5.91 Å². The first-order chi connectivity index (χ1) is 10.1. The molecule has 0 saturated heterocycles. The van der Waals surface area contributed by atoms with E-state index in [0.717, 1.165) is 18.8 Å². The predicted molar refractivity (Wildman–Crippen MR) is 85.1 cm³/mol. The van der Waals surface area contributed by atoms with Crippen LogP contribution in [0.1, 0.15) is 11.1 Å². The maximum absolute atomic E-state index is 12.1. The Morgan fingerprint density at radius 3 is 2.76 bits per heavy atom. The number of fused-ring (bicyclic) bond motifs is 1. The van der Waals surface area contributed by atoms with E-state index in [-0.39, 0.29) is 5.91 Å². The van der Waals surface area contributed by atoms with Crippen molar-refractivity contribution in [2.24, 2.45) is 0 Å². The van der Waals surface area contributed by atoms with Gasteiger partial charge in [-0.1, -0.05) is 29.8 Å². The number of anilines is 2. The number of benzene rings is 2. The number of amides is 1. The molecule has 4 nitrogen and oxygen atoms in total. The molecule has 1 amide bonds. The number of nitrogens with zero attached hydrogens (tertiary/aromatic N) is 1. The molecule has 0 aromatic heterocycles. The highest BCUT2D eigenvalue weighted by Crippen LogP contribution is 2.25. The molecular weight excluding hydrogens is 286 g/mol. The Labute approximate surface area is 128 Å². The molecule has 0 fully saturated rings. The van der Waals surface area contributed by atoms with Gasteiger partial charge in [0.25, 0.3) is 0 Å². The number of rotatable bonds is 3. The summed E-state index contributed by atoms with van der Waals surface area (Å²) in [5, 5.41) is 3.38. The number of hydrogen-bond acceptors (Lipinski definition) is 3. The molecule has 0 saturated carbocycles. The predicted octanol–water partition coefficient (Wildman–Crippen LogP) is 2.88. The molecule has 0 radical (unpaired) electrons. The Morgan fingerprint density at radius 2 is 1.95 bits per heavy atom. The fourth-order valence-electron chi connectivity index (χ4n) is 2.55. The largest absolute Gasteiger partial charge is 0.399 e. The van der Waals surface area contributed by atoms with Gasteiger partial charge in [0.1, 0.15) is 0 Å². The van der Waals surface area contributed by atoms with E-state index >= 15 is 0 Å². The van der Waals surface area contributed by atoms with Gasteiger partial charge in [0, 0.05) is 18.8 Å². The van der Waals surface area contributed by atoms with Gasteiger partial charge in [-0.25, -0.2) is 0 Å². The van der Waals surface area contributed by atoms with Crippen LogP contribution in [0.4, 0.5) is 11.4 Å². The molecule has 0 unspecified atom stereocenters. The minimum Gasteiger partial charge on any atom is -0.399 e. The molecule has 5 heteroatoms. The van der Waals surface area contributed by atoms with Gasteiger partial charge < -0.3 is 11.1 Å². The zero-order chi connectivity index (χ0) is 14.8. The Kier molecular flexibility index (Phi) is 3.82. The fourth-order valence-corrected chi connectivity index (χ4v) is 2.74. The number of nitrogen functional groups attached to an aromatic ring is 1. The lowest BCUT2D eigenvalue weighted by atomic mass is 10.1. The summed E-state index contributed by atoms with van der Waals surface area (Å²) in [5.74, 6) is -0.0659. The van der Waals surface area contributed by atoms with Crippen molar-refractivity contribution >= 4 is 28.9 Å². The van der Waals surface area contributed by atoms with Crippen molar-refractivity contribution < 1.29 is 4.79 Å². The highest BCUT2D eigenvalue weighted by atomic mass is 35.5. The lowest BCUT2D eigenvalue weighted by molar-refractivity contribution is -0.117. The number of hydrogen-bond donors (Lipinski definition) is 2. The van der Waals surface area contributed by atoms with Crippen molar-refractivity contribution in [3.05, 3.63) is 58.6 Å². The fraction of sp³-hybridized carbons (Fsp3) is 0.188. The molecule has 0 atom stereocenters. The molecule has 1 heterocycles. The summed E-state index contributed by atoms with van der Waals surface area (Å²) in [7, 11) is 0. The number of nitrogens with one attached hydrogen (secondary N) is 1. The lowest BCUT2D eigenvalue weighted by Crippen LogP contribution is -2.29. The van der Waals surface area contributed by atoms with Crippen LogP contribution in [0.2, 0.25) is 5.02 Å². The molecule has 1 aliphatic heterocycles. The average Bonchev–Trinajstić information content (AvgIpc) is 2.82. The van der Waals surface area contributed by atoms with E-state index in [1.807, 2.05) is 30.3 Å². The molecule has 0 aliphatic carbocycles. The second kappa shape index (κ2) is 5.76. The SMILES string of the molecule is Nc1ccc2c(c1)CN(CC(=O)Nc1ccccc1Cl)C2. The number of nitrogens with two attached hydrogens (primary N) is 1. The topological polar surface area (TPSA) is 58.4 Å². The minimum atomic E-state index is -0.0659. The maximum Gasteiger partial charge on any atom is 0.238 e. The molecule has 1 aliphatic rings. The van der Waals surface area contributed by atoms with Crippen LogP contribution < -0.4 is 11.1 Å². The molecule has 2 aromatic rings. The molecule has 0 spiro atoms. The van der Waals surface area contributed by atoms with Crippen molar-refractivity contribution in [3.63, 3.8) is 0 Å². The monoisotopic (exact) mass is 301 g/mol. The van der Waals surface area contributed by atoms with Gasteiger partial charge in [-0.2, -0.15) is 0 Å². The van der Waals surface area contributed by atoms with Crippen LogP contribution in [0.3, 0.4) is 0 Å². The number of carbonyl (C=O) groups excluding carboxylic acids is 1. The highest BCUT2D eigenvalue weighted by molar-refractivity contribution is 6.33. The van der Waals surface area contributed by atoms with Gasteiger partial charge >= 0.3 is 0 Å². The quantitative estimate of drug-likeness (QED) is 0.857. The van der Waals surface area contributed by atoms with Gasteiger partial charge in [0.15, 0.2) is 0 Å². The van der Waals surface area contributed by atoms with Gasteiger partial charge in [0.05, 0.1) is 17.3 Å². The number of carbonyl (C=O) groups is 1. The normalized spacial score (nSPS) is 14.0. The second-order valence-corrected chi connectivity index (χ2v) is 5.61.